The maximum absolute atomic E-state index is 13.5. The van der Waals surface area contributed by atoms with Gasteiger partial charge in [0.05, 0.1) is 29.2 Å². The molecule has 2 aliphatic rings. The summed E-state index contributed by atoms with van der Waals surface area (Å²) in [6, 6.07) is 9.75. The Bertz CT molecular complexity index is 1360. The van der Waals surface area contributed by atoms with E-state index in [1.54, 1.807) is 42.9 Å². The number of likely N-dealkylation sites (tertiary alicyclic amines) is 1. The number of fused-ring (bicyclic) bond motifs is 3. The summed E-state index contributed by atoms with van der Waals surface area (Å²) in [5, 5.41) is 9.49. The molecule has 2 bridgehead atoms. The first-order valence-electron chi connectivity index (χ1n) is 10.7. The zero-order valence-electron chi connectivity index (χ0n) is 17.5. The minimum absolute atomic E-state index is 0.101. The summed E-state index contributed by atoms with van der Waals surface area (Å²) in [6.45, 7) is 1.96. The molecule has 0 aliphatic carbocycles. The number of carbonyl (C=O) groups excluding carboxylic acids is 1. The summed E-state index contributed by atoms with van der Waals surface area (Å²) < 4.78 is 13.5. The number of piperidine rings is 1. The van der Waals surface area contributed by atoms with Gasteiger partial charge >= 0.3 is 0 Å². The van der Waals surface area contributed by atoms with E-state index in [9.17, 15) is 9.18 Å². The van der Waals surface area contributed by atoms with Gasteiger partial charge in [0, 0.05) is 42.3 Å². The van der Waals surface area contributed by atoms with Gasteiger partial charge in [0.25, 0.3) is 5.91 Å². The van der Waals surface area contributed by atoms with Crippen LogP contribution >= 0.6 is 11.6 Å². The molecule has 0 radical (unpaired) electrons. The minimum atomic E-state index is -0.310. The Morgan fingerprint density at radius 3 is 2.76 bits per heavy atom. The first kappa shape index (κ1) is 20.0. The fraction of sp³-hybridized carbons (Fsp3) is 0.261. The van der Waals surface area contributed by atoms with Crippen molar-refractivity contribution in [2.75, 3.05) is 24.5 Å². The lowest BCUT2D eigenvalue weighted by Gasteiger charge is -2.33. The van der Waals surface area contributed by atoms with Crippen LogP contribution in [0.3, 0.4) is 0 Å². The molecule has 2 aromatic heterocycles. The van der Waals surface area contributed by atoms with Crippen molar-refractivity contribution in [2.45, 2.75) is 12.5 Å². The Morgan fingerprint density at radius 1 is 1.06 bits per heavy atom. The average Bonchev–Trinajstić information content (AvgIpc) is 3.46. The van der Waals surface area contributed by atoms with Gasteiger partial charge in [-0.1, -0.05) is 11.6 Å². The predicted octanol–water partition coefficient (Wildman–Crippen LogP) is 3.35. The summed E-state index contributed by atoms with van der Waals surface area (Å²) in [5.41, 5.74) is 1.76. The van der Waals surface area contributed by atoms with Crippen LogP contribution in [0.4, 0.5) is 10.3 Å². The second-order valence-electron chi connectivity index (χ2n) is 8.47. The Labute approximate surface area is 193 Å². The highest BCUT2D eigenvalue weighted by molar-refractivity contribution is 6.31. The summed E-state index contributed by atoms with van der Waals surface area (Å²) in [4.78, 5) is 28.1. The van der Waals surface area contributed by atoms with Gasteiger partial charge in [0.1, 0.15) is 5.82 Å². The molecular formula is C23H19ClFN7O. The molecule has 2 aromatic carbocycles. The Hall–Kier alpha value is -3.59. The molecule has 2 saturated heterocycles. The SMILES string of the molecule is O=C(c1cc(Cl)ccc1-n1nccn1)N1C[C@@H]2C[C@H](C1)N(c1ncc3cc(F)ccc3n1)C2. The molecule has 2 fully saturated rings. The molecule has 1 amide bonds. The molecule has 2 aliphatic heterocycles. The molecule has 6 rings (SSSR count). The van der Waals surface area contributed by atoms with Crippen molar-refractivity contribution in [3.63, 3.8) is 0 Å². The molecule has 0 unspecified atom stereocenters. The highest BCUT2D eigenvalue weighted by Crippen LogP contribution is 2.34. The van der Waals surface area contributed by atoms with E-state index in [-0.39, 0.29) is 17.8 Å². The number of rotatable bonds is 3. The monoisotopic (exact) mass is 463 g/mol. The van der Waals surface area contributed by atoms with Crippen LogP contribution in [0.15, 0.2) is 55.0 Å². The highest BCUT2D eigenvalue weighted by atomic mass is 35.5. The smallest absolute Gasteiger partial charge is 0.256 e. The molecule has 4 aromatic rings. The Kier molecular flexibility index (Phi) is 4.72. The number of halogens is 2. The molecule has 0 spiro atoms. The van der Waals surface area contributed by atoms with Crippen molar-refractivity contribution in [1.29, 1.82) is 0 Å². The van der Waals surface area contributed by atoms with E-state index in [1.807, 2.05) is 4.90 Å². The largest absolute Gasteiger partial charge is 0.336 e. The highest BCUT2D eigenvalue weighted by Gasteiger charge is 2.41. The van der Waals surface area contributed by atoms with Crippen LogP contribution in [0.1, 0.15) is 16.8 Å². The van der Waals surface area contributed by atoms with E-state index in [2.05, 4.69) is 25.1 Å². The van der Waals surface area contributed by atoms with E-state index in [4.69, 9.17) is 11.6 Å². The van der Waals surface area contributed by atoms with Gasteiger partial charge in [-0.25, -0.2) is 14.4 Å². The van der Waals surface area contributed by atoms with Crippen LogP contribution in [-0.2, 0) is 0 Å². The number of nitrogens with zero attached hydrogens (tertiary/aromatic N) is 7. The van der Waals surface area contributed by atoms with Crippen molar-refractivity contribution in [3.8, 4) is 5.69 Å². The third-order valence-electron chi connectivity index (χ3n) is 6.31. The van der Waals surface area contributed by atoms with Crippen molar-refractivity contribution in [2.24, 2.45) is 5.92 Å². The van der Waals surface area contributed by atoms with Crippen molar-refractivity contribution >= 4 is 34.4 Å². The number of carbonyl (C=O) groups is 1. The van der Waals surface area contributed by atoms with Crippen LogP contribution in [0.25, 0.3) is 16.6 Å². The first-order chi connectivity index (χ1) is 16.0. The zero-order valence-corrected chi connectivity index (χ0v) is 18.2. The molecule has 8 nitrogen and oxygen atoms in total. The Balaban J connectivity index is 1.28. The van der Waals surface area contributed by atoms with E-state index in [0.29, 0.717) is 52.1 Å². The topological polar surface area (TPSA) is 80.0 Å². The Morgan fingerprint density at radius 2 is 1.91 bits per heavy atom. The summed E-state index contributed by atoms with van der Waals surface area (Å²) in [7, 11) is 0. The number of anilines is 1. The minimum Gasteiger partial charge on any atom is -0.336 e. The van der Waals surface area contributed by atoms with Crippen LogP contribution < -0.4 is 4.90 Å². The van der Waals surface area contributed by atoms with Crippen molar-refractivity contribution in [3.05, 3.63) is 71.4 Å². The van der Waals surface area contributed by atoms with Crippen molar-refractivity contribution < 1.29 is 9.18 Å². The van der Waals surface area contributed by atoms with Crippen LogP contribution in [0, 0.1) is 11.7 Å². The molecule has 0 saturated carbocycles. The zero-order chi connectivity index (χ0) is 22.5. The maximum atomic E-state index is 13.5. The lowest BCUT2D eigenvalue weighted by Crippen LogP contribution is -2.45. The van der Waals surface area contributed by atoms with Gasteiger partial charge in [0.15, 0.2) is 0 Å². The second-order valence-corrected chi connectivity index (χ2v) is 8.91. The van der Waals surface area contributed by atoms with Gasteiger partial charge in [-0.05, 0) is 48.7 Å². The first-order valence-corrected chi connectivity index (χ1v) is 11.1. The summed E-state index contributed by atoms with van der Waals surface area (Å²) in [5.74, 6) is 0.512. The average molecular weight is 464 g/mol. The third-order valence-corrected chi connectivity index (χ3v) is 6.54. The van der Waals surface area contributed by atoms with Crippen LogP contribution in [0.2, 0.25) is 5.02 Å². The van der Waals surface area contributed by atoms with E-state index in [0.717, 1.165) is 13.0 Å². The van der Waals surface area contributed by atoms with Gasteiger partial charge < -0.3 is 9.80 Å². The third kappa shape index (κ3) is 3.58. The standard InChI is InChI=1S/C23H19ClFN7O/c24-16-1-4-21(32-27-5-6-28-32)19(9-16)22(33)30-11-14-7-18(13-30)31(12-14)23-26-10-15-8-17(25)2-3-20(15)29-23/h1-6,8-10,14,18H,7,11-13H2/t14-,18+/m0/s1. The normalized spacial score (nSPS) is 19.9. The van der Waals surface area contributed by atoms with Gasteiger partial charge in [-0.2, -0.15) is 15.0 Å². The van der Waals surface area contributed by atoms with Crippen LogP contribution in [-0.4, -0.2) is 61.4 Å². The van der Waals surface area contributed by atoms with E-state index < -0.39 is 0 Å². The van der Waals surface area contributed by atoms with Crippen LogP contribution in [0.5, 0.6) is 0 Å². The fourth-order valence-electron chi connectivity index (χ4n) is 4.87. The number of benzene rings is 2. The molecular weight excluding hydrogens is 445 g/mol. The van der Waals surface area contributed by atoms with E-state index in [1.165, 1.54) is 16.9 Å². The molecule has 33 heavy (non-hydrogen) atoms. The molecule has 10 heteroatoms. The molecule has 0 N–H and O–H groups in total. The number of amides is 1. The molecule has 2 atom stereocenters. The maximum Gasteiger partial charge on any atom is 0.256 e. The quantitative estimate of drug-likeness (QED) is 0.463. The van der Waals surface area contributed by atoms with Crippen molar-refractivity contribution in [1.82, 2.24) is 29.9 Å². The number of hydrogen-bond acceptors (Lipinski definition) is 6. The van der Waals surface area contributed by atoms with E-state index >= 15 is 0 Å². The van der Waals surface area contributed by atoms with Gasteiger partial charge in [0.2, 0.25) is 5.95 Å². The summed E-state index contributed by atoms with van der Waals surface area (Å²) in [6.07, 6.45) is 5.76. The molecule has 4 heterocycles. The number of hydrogen-bond donors (Lipinski definition) is 0. The van der Waals surface area contributed by atoms with Gasteiger partial charge in [-0.3, -0.25) is 4.79 Å². The lowest BCUT2D eigenvalue weighted by molar-refractivity contribution is 0.0694. The van der Waals surface area contributed by atoms with Gasteiger partial charge in [-0.15, -0.1) is 0 Å². The lowest BCUT2D eigenvalue weighted by atomic mass is 9.99. The number of aromatic nitrogens is 5. The molecule has 166 valence electrons. The fourth-order valence-corrected chi connectivity index (χ4v) is 5.04. The predicted molar refractivity (Wildman–Crippen MR) is 121 cm³/mol. The second kappa shape index (κ2) is 7.77. The summed E-state index contributed by atoms with van der Waals surface area (Å²) >= 11 is 6.22.